The first-order valence-electron chi connectivity index (χ1n) is 11.1. The molecule has 1 saturated heterocycles. The van der Waals surface area contributed by atoms with Crippen LogP contribution in [0.4, 0.5) is 35.2 Å². The van der Waals surface area contributed by atoms with E-state index in [0.29, 0.717) is 11.3 Å². The number of alkyl halides is 3. The molecule has 2 N–H and O–H groups in total. The summed E-state index contributed by atoms with van der Waals surface area (Å²) in [6.45, 7) is 3.05. The predicted molar refractivity (Wildman–Crippen MR) is 138 cm³/mol. The maximum absolute atomic E-state index is 13.3. The van der Waals surface area contributed by atoms with Crippen molar-refractivity contribution in [3.8, 4) is 0 Å². The van der Waals surface area contributed by atoms with E-state index in [-0.39, 0.29) is 34.7 Å². The van der Waals surface area contributed by atoms with Crippen molar-refractivity contribution in [2.75, 3.05) is 14.3 Å². The number of nitrogens with one attached hydrogen (secondary N) is 2. The van der Waals surface area contributed by atoms with Gasteiger partial charge in [0.1, 0.15) is 11.4 Å². The Balaban J connectivity index is 1.51. The SMILES string of the molecule is CC1(C)C(=O)N(c2ccc(SC(F)(F)F)cc2)C(=O)N1Cc1ccnc(NS(=O)(=O)Nc2ccccc2)c1. The van der Waals surface area contributed by atoms with Gasteiger partial charge >= 0.3 is 21.7 Å². The zero-order chi connectivity index (χ0) is 27.7. The molecular weight excluding hydrogens is 543 g/mol. The highest BCUT2D eigenvalue weighted by Gasteiger charge is 2.51. The largest absolute Gasteiger partial charge is 0.446 e. The number of thioether (sulfide) groups is 1. The van der Waals surface area contributed by atoms with Gasteiger partial charge in [-0.3, -0.25) is 14.2 Å². The first-order valence-corrected chi connectivity index (χ1v) is 13.4. The number of amides is 3. The normalized spacial score (nSPS) is 15.6. The van der Waals surface area contributed by atoms with E-state index in [4.69, 9.17) is 0 Å². The quantitative estimate of drug-likeness (QED) is 0.287. The molecule has 1 aliphatic heterocycles. The molecule has 0 unspecified atom stereocenters. The molecule has 0 radical (unpaired) electrons. The summed E-state index contributed by atoms with van der Waals surface area (Å²) in [4.78, 5) is 32.6. The third kappa shape index (κ3) is 6.19. The van der Waals surface area contributed by atoms with Gasteiger partial charge in [-0.1, -0.05) is 18.2 Å². The predicted octanol–water partition coefficient (Wildman–Crippen LogP) is 5.21. The number of aromatic nitrogens is 1. The van der Waals surface area contributed by atoms with Crippen LogP contribution in [-0.4, -0.2) is 41.3 Å². The molecule has 0 saturated carbocycles. The Bertz CT molecular complexity index is 1450. The Morgan fingerprint density at radius 3 is 2.26 bits per heavy atom. The smallest absolute Gasteiger partial charge is 0.305 e. The van der Waals surface area contributed by atoms with Gasteiger partial charge < -0.3 is 4.90 Å². The molecule has 0 atom stereocenters. The number of rotatable bonds is 8. The van der Waals surface area contributed by atoms with Crippen molar-refractivity contribution in [1.29, 1.82) is 0 Å². The zero-order valence-corrected chi connectivity index (χ0v) is 21.7. The van der Waals surface area contributed by atoms with E-state index in [9.17, 15) is 31.2 Å². The summed E-state index contributed by atoms with van der Waals surface area (Å²) >= 11 is -0.297. The summed E-state index contributed by atoms with van der Waals surface area (Å²) in [6, 6.07) is 15.5. The van der Waals surface area contributed by atoms with Crippen LogP contribution in [0.1, 0.15) is 19.4 Å². The molecule has 0 bridgehead atoms. The van der Waals surface area contributed by atoms with Crippen molar-refractivity contribution in [2.45, 2.75) is 36.3 Å². The van der Waals surface area contributed by atoms with Gasteiger partial charge in [0, 0.05) is 17.6 Å². The van der Waals surface area contributed by atoms with Crippen molar-refractivity contribution in [3.05, 3.63) is 78.5 Å². The number of hydrogen-bond acceptors (Lipinski definition) is 6. The van der Waals surface area contributed by atoms with E-state index in [2.05, 4.69) is 14.4 Å². The van der Waals surface area contributed by atoms with E-state index in [1.807, 2.05) is 0 Å². The molecule has 1 aromatic heterocycles. The van der Waals surface area contributed by atoms with Gasteiger partial charge in [0.05, 0.1) is 11.4 Å². The lowest BCUT2D eigenvalue weighted by atomic mass is 10.0. The third-order valence-corrected chi connectivity index (χ3v) is 7.30. The van der Waals surface area contributed by atoms with Crippen molar-refractivity contribution in [2.24, 2.45) is 0 Å². The number of anilines is 3. The van der Waals surface area contributed by atoms with Crippen molar-refractivity contribution < 1.29 is 31.2 Å². The number of urea groups is 1. The average molecular weight is 566 g/mol. The van der Waals surface area contributed by atoms with Crippen LogP contribution in [0.25, 0.3) is 0 Å². The average Bonchev–Trinajstić information content (AvgIpc) is 2.98. The minimum atomic E-state index is -4.46. The van der Waals surface area contributed by atoms with Crippen LogP contribution in [0, 0.1) is 0 Å². The topological polar surface area (TPSA) is 112 Å². The monoisotopic (exact) mass is 565 g/mol. The van der Waals surface area contributed by atoms with Crippen LogP contribution in [0.3, 0.4) is 0 Å². The number of nitrogens with zero attached hydrogens (tertiary/aromatic N) is 3. The van der Waals surface area contributed by atoms with Gasteiger partial charge in [-0.15, -0.1) is 0 Å². The highest BCUT2D eigenvalue weighted by Crippen LogP contribution is 2.39. The second-order valence-electron chi connectivity index (χ2n) is 8.73. The summed E-state index contributed by atoms with van der Waals surface area (Å²) < 4.78 is 67.6. The van der Waals surface area contributed by atoms with Gasteiger partial charge in [-0.25, -0.2) is 14.7 Å². The van der Waals surface area contributed by atoms with Crippen molar-refractivity contribution in [1.82, 2.24) is 9.88 Å². The van der Waals surface area contributed by atoms with Crippen molar-refractivity contribution >= 4 is 51.1 Å². The minimum Gasteiger partial charge on any atom is -0.305 e. The lowest BCUT2D eigenvalue weighted by molar-refractivity contribution is -0.123. The molecule has 4 rings (SSSR count). The number of carbonyl (C=O) groups excluding carboxylic acids is 2. The Morgan fingerprint density at radius 2 is 1.63 bits per heavy atom. The van der Waals surface area contributed by atoms with Crippen LogP contribution in [0.2, 0.25) is 0 Å². The highest BCUT2D eigenvalue weighted by molar-refractivity contribution is 8.00. The zero-order valence-electron chi connectivity index (χ0n) is 20.1. The number of pyridine rings is 1. The van der Waals surface area contributed by atoms with E-state index in [0.717, 1.165) is 4.90 Å². The summed E-state index contributed by atoms with van der Waals surface area (Å²) in [5, 5.41) is 0. The highest BCUT2D eigenvalue weighted by atomic mass is 32.2. The maximum atomic E-state index is 13.3. The fraction of sp³-hybridized carbons (Fsp3) is 0.208. The molecule has 3 aromatic rings. The lowest BCUT2D eigenvalue weighted by Gasteiger charge is -2.27. The Kier molecular flexibility index (Phi) is 7.30. The van der Waals surface area contributed by atoms with Gasteiger partial charge in [-0.05, 0) is 79.7 Å². The van der Waals surface area contributed by atoms with E-state index in [1.165, 1.54) is 41.4 Å². The molecule has 38 heavy (non-hydrogen) atoms. The summed E-state index contributed by atoms with van der Waals surface area (Å²) in [6.07, 6.45) is 1.36. The number of imide groups is 1. The van der Waals surface area contributed by atoms with E-state index >= 15 is 0 Å². The van der Waals surface area contributed by atoms with Gasteiger partial charge in [0.2, 0.25) is 0 Å². The van der Waals surface area contributed by atoms with Crippen LogP contribution in [-0.2, 0) is 21.5 Å². The molecule has 2 aromatic carbocycles. The maximum Gasteiger partial charge on any atom is 0.446 e. The molecule has 9 nitrogen and oxygen atoms in total. The molecule has 200 valence electrons. The second kappa shape index (κ2) is 10.2. The standard InChI is InChI=1S/C24H22F3N5O4S2/c1-23(2)21(33)32(18-8-10-19(11-9-18)37-24(25,26)27)22(34)31(23)15-16-12-13-28-20(14-16)30-38(35,36)29-17-6-4-3-5-7-17/h3-14,29H,15H2,1-2H3,(H,28,30). The first-order chi connectivity index (χ1) is 17.7. The third-order valence-electron chi connectivity index (χ3n) is 5.58. The van der Waals surface area contributed by atoms with Gasteiger partial charge in [0.25, 0.3) is 5.91 Å². The van der Waals surface area contributed by atoms with Crippen LogP contribution >= 0.6 is 11.8 Å². The summed E-state index contributed by atoms with van der Waals surface area (Å²) in [7, 11) is -4.01. The summed E-state index contributed by atoms with van der Waals surface area (Å²) in [5.41, 5.74) is -4.77. The number of para-hydroxylation sites is 1. The Morgan fingerprint density at radius 1 is 0.974 bits per heavy atom. The number of carbonyl (C=O) groups is 2. The Hall–Kier alpha value is -3.78. The first kappa shape index (κ1) is 27.3. The molecule has 0 spiro atoms. The summed E-state index contributed by atoms with van der Waals surface area (Å²) in [5.74, 6) is -0.558. The number of hydrogen-bond donors (Lipinski definition) is 2. The fourth-order valence-corrected chi connectivity index (χ4v) is 5.18. The number of halogens is 3. The van der Waals surface area contributed by atoms with Crippen LogP contribution < -0.4 is 14.3 Å². The van der Waals surface area contributed by atoms with Crippen molar-refractivity contribution in [3.63, 3.8) is 0 Å². The molecule has 1 fully saturated rings. The van der Waals surface area contributed by atoms with E-state index in [1.54, 1.807) is 50.2 Å². The van der Waals surface area contributed by atoms with Gasteiger partial charge in [-0.2, -0.15) is 21.6 Å². The minimum absolute atomic E-state index is 0.00341. The molecule has 2 heterocycles. The van der Waals surface area contributed by atoms with Gasteiger partial charge in [0.15, 0.2) is 0 Å². The van der Waals surface area contributed by atoms with Crippen LogP contribution in [0.15, 0.2) is 77.8 Å². The second-order valence-corrected chi connectivity index (χ2v) is 11.3. The molecule has 1 aliphatic rings. The Labute approximate surface area is 221 Å². The molecule has 14 heteroatoms. The fourth-order valence-electron chi connectivity index (χ4n) is 3.76. The van der Waals surface area contributed by atoms with E-state index < -0.39 is 33.2 Å². The molecule has 0 aliphatic carbocycles. The molecule has 3 amide bonds. The number of benzene rings is 2. The lowest BCUT2D eigenvalue weighted by Crippen LogP contribution is -2.43. The van der Waals surface area contributed by atoms with Crippen LogP contribution in [0.5, 0.6) is 0 Å². The molecular formula is C24H22F3N5O4S2.